The molecule has 4 aromatic rings. The summed E-state index contributed by atoms with van der Waals surface area (Å²) in [6, 6.07) is 7.66. The summed E-state index contributed by atoms with van der Waals surface area (Å²) in [6.45, 7) is 0. The van der Waals surface area contributed by atoms with Gasteiger partial charge in [0.15, 0.2) is 16.9 Å². The predicted octanol–water partition coefficient (Wildman–Crippen LogP) is 4.23. The number of hydrogen-bond acceptors (Lipinski definition) is 4. The first-order valence-electron chi connectivity index (χ1n) is 7.06. The van der Waals surface area contributed by atoms with Gasteiger partial charge in [-0.2, -0.15) is 23.3 Å². The highest BCUT2D eigenvalue weighted by Crippen LogP contribution is 2.38. The van der Waals surface area contributed by atoms with E-state index in [1.54, 1.807) is 12.1 Å². The van der Waals surface area contributed by atoms with Crippen molar-refractivity contribution in [2.24, 2.45) is 0 Å². The number of rotatable bonds is 2. The summed E-state index contributed by atoms with van der Waals surface area (Å²) in [5.74, 6) is -0.802. The molecule has 9 heteroatoms. The van der Waals surface area contributed by atoms with Crippen LogP contribution in [0.15, 0.2) is 53.2 Å². The Balaban J connectivity index is 1.92. The van der Waals surface area contributed by atoms with Gasteiger partial charge in [-0.15, -0.1) is 0 Å². The fraction of sp³-hybridized carbons (Fsp3) is 0.0625. The minimum Gasteiger partial charge on any atom is -0.434 e. The number of nitrogens with zero attached hydrogens (tertiary/aromatic N) is 4. The molecule has 0 saturated carbocycles. The molecule has 0 bridgehead atoms. The van der Waals surface area contributed by atoms with Crippen molar-refractivity contribution in [2.45, 2.75) is 6.18 Å². The maximum atomic E-state index is 13.6. The number of fused-ring (bicyclic) bond motifs is 1. The summed E-state index contributed by atoms with van der Waals surface area (Å²) >= 11 is 0. The zero-order valence-corrected chi connectivity index (χ0v) is 12.3. The molecule has 1 aromatic carbocycles. The summed E-state index contributed by atoms with van der Waals surface area (Å²) in [4.78, 5) is 7.93. The molecule has 0 N–H and O–H groups in total. The van der Waals surface area contributed by atoms with Crippen molar-refractivity contribution in [2.75, 3.05) is 0 Å². The molecule has 25 heavy (non-hydrogen) atoms. The fourth-order valence-corrected chi connectivity index (χ4v) is 2.44. The average molecular weight is 348 g/mol. The number of benzene rings is 1. The second-order valence-corrected chi connectivity index (χ2v) is 5.14. The molecule has 0 aliphatic heterocycles. The topological polar surface area (TPSA) is 56.7 Å². The SMILES string of the molecule is Fc1ccc(-n2ncc(-c3nc4ncccc4o3)c2C(F)(F)F)cc1. The summed E-state index contributed by atoms with van der Waals surface area (Å²) in [5.41, 5.74) is -0.866. The normalized spacial score (nSPS) is 12.0. The highest BCUT2D eigenvalue weighted by molar-refractivity contribution is 5.72. The lowest BCUT2D eigenvalue weighted by molar-refractivity contribution is -0.142. The van der Waals surface area contributed by atoms with Gasteiger partial charge in [0.05, 0.1) is 17.4 Å². The molecule has 4 rings (SSSR count). The molecule has 0 atom stereocenters. The van der Waals surface area contributed by atoms with E-state index in [0.717, 1.165) is 18.3 Å². The lowest BCUT2D eigenvalue weighted by atomic mass is 10.2. The zero-order valence-electron chi connectivity index (χ0n) is 12.3. The first-order chi connectivity index (χ1) is 11.9. The van der Waals surface area contributed by atoms with Gasteiger partial charge >= 0.3 is 6.18 Å². The van der Waals surface area contributed by atoms with Crippen LogP contribution in [0.1, 0.15) is 5.69 Å². The summed E-state index contributed by atoms with van der Waals surface area (Å²) in [6.07, 6.45) is -2.26. The highest BCUT2D eigenvalue weighted by Gasteiger charge is 2.40. The lowest BCUT2D eigenvalue weighted by Crippen LogP contribution is -2.14. The minimum absolute atomic E-state index is 0.0641. The smallest absolute Gasteiger partial charge is 0.434 e. The van der Waals surface area contributed by atoms with E-state index in [9.17, 15) is 17.6 Å². The van der Waals surface area contributed by atoms with Gasteiger partial charge < -0.3 is 4.42 Å². The van der Waals surface area contributed by atoms with Crippen molar-refractivity contribution in [1.29, 1.82) is 0 Å². The molecule has 3 aromatic heterocycles. The van der Waals surface area contributed by atoms with E-state index in [-0.39, 0.29) is 28.4 Å². The van der Waals surface area contributed by atoms with Gasteiger partial charge in [-0.05, 0) is 36.4 Å². The molecular formula is C16H8F4N4O. The quantitative estimate of drug-likeness (QED) is 0.509. The number of alkyl halides is 3. The fourth-order valence-electron chi connectivity index (χ4n) is 2.44. The summed E-state index contributed by atoms with van der Waals surface area (Å²) < 4.78 is 60.0. The van der Waals surface area contributed by atoms with E-state index in [2.05, 4.69) is 15.1 Å². The average Bonchev–Trinajstić information content (AvgIpc) is 3.19. The van der Waals surface area contributed by atoms with Crippen molar-refractivity contribution < 1.29 is 22.0 Å². The number of aromatic nitrogens is 4. The van der Waals surface area contributed by atoms with Crippen molar-refractivity contribution in [3.8, 4) is 17.1 Å². The van der Waals surface area contributed by atoms with E-state index >= 15 is 0 Å². The third-order valence-electron chi connectivity index (χ3n) is 3.50. The first-order valence-corrected chi connectivity index (χ1v) is 7.06. The van der Waals surface area contributed by atoms with Crippen LogP contribution in [0.5, 0.6) is 0 Å². The molecule has 0 amide bonds. The Bertz CT molecular complexity index is 1020. The van der Waals surface area contributed by atoms with E-state index < -0.39 is 17.7 Å². The Morgan fingerprint density at radius 3 is 2.48 bits per heavy atom. The van der Waals surface area contributed by atoms with Crippen LogP contribution in [0.4, 0.5) is 17.6 Å². The Morgan fingerprint density at radius 2 is 1.80 bits per heavy atom. The van der Waals surface area contributed by atoms with Crippen molar-refractivity contribution in [3.63, 3.8) is 0 Å². The molecule has 0 aliphatic carbocycles. The number of halogens is 4. The standard InChI is InChI=1S/C16H8F4N4O/c17-9-3-5-10(6-4-9)24-13(16(18,19)20)11(8-22-24)15-23-14-12(25-15)2-1-7-21-14/h1-8H. The van der Waals surface area contributed by atoms with Gasteiger partial charge in [0.25, 0.3) is 0 Å². The molecule has 0 spiro atoms. The van der Waals surface area contributed by atoms with Gasteiger partial charge in [0.2, 0.25) is 5.89 Å². The Hall–Kier alpha value is -3.23. The van der Waals surface area contributed by atoms with Gasteiger partial charge in [-0.3, -0.25) is 0 Å². The second-order valence-electron chi connectivity index (χ2n) is 5.14. The molecule has 0 fully saturated rings. The highest BCUT2D eigenvalue weighted by atomic mass is 19.4. The molecule has 126 valence electrons. The summed E-state index contributed by atoms with van der Waals surface area (Å²) in [7, 11) is 0. The largest absolute Gasteiger partial charge is 0.434 e. The molecule has 0 unspecified atom stereocenters. The maximum Gasteiger partial charge on any atom is 0.434 e. The first kappa shape index (κ1) is 15.3. The number of hydrogen-bond donors (Lipinski definition) is 0. The van der Waals surface area contributed by atoms with E-state index in [1.165, 1.54) is 18.3 Å². The van der Waals surface area contributed by atoms with Crippen LogP contribution < -0.4 is 0 Å². The van der Waals surface area contributed by atoms with Crippen LogP contribution in [0.25, 0.3) is 28.4 Å². The van der Waals surface area contributed by atoms with Gasteiger partial charge in [-0.1, -0.05) is 0 Å². The van der Waals surface area contributed by atoms with Crippen LogP contribution in [-0.4, -0.2) is 19.7 Å². The Labute approximate surface area is 137 Å². The third kappa shape index (κ3) is 2.63. The Morgan fingerprint density at radius 1 is 1.04 bits per heavy atom. The van der Waals surface area contributed by atoms with Gasteiger partial charge in [-0.25, -0.2) is 14.1 Å². The Kier molecular flexibility index (Phi) is 3.31. The van der Waals surface area contributed by atoms with E-state index in [1.807, 2.05) is 0 Å². The lowest BCUT2D eigenvalue weighted by Gasteiger charge is -2.11. The van der Waals surface area contributed by atoms with Gasteiger partial charge in [0.1, 0.15) is 5.82 Å². The van der Waals surface area contributed by atoms with Crippen LogP contribution in [0, 0.1) is 5.82 Å². The van der Waals surface area contributed by atoms with Crippen molar-refractivity contribution in [1.82, 2.24) is 19.7 Å². The van der Waals surface area contributed by atoms with E-state index in [0.29, 0.717) is 4.68 Å². The third-order valence-corrected chi connectivity index (χ3v) is 3.50. The minimum atomic E-state index is -4.73. The second kappa shape index (κ2) is 5.40. The van der Waals surface area contributed by atoms with E-state index in [4.69, 9.17) is 4.42 Å². The maximum absolute atomic E-state index is 13.6. The van der Waals surface area contributed by atoms with Gasteiger partial charge in [0, 0.05) is 6.20 Å². The molecule has 3 heterocycles. The van der Waals surface area contributed by atoms with Crippen LogP contribution in [0.2, 0.25) is 0 Å². The van der Waals surface area contributed by atoms with Crippen molar-refractivity contribution >= 4 is 11.2 Å². The monoisotopic (exact) mass is 348 g/mol. The van der Waals surface area contributed by atoms with Crippen LogP contribution in [0.3, 0.4) is 0 Å². The number of oxazole rings is 1. The van der Waals surface area contributed by atoms with Crippen LogP contribution in [-0.2, 0) is 6.18 Å². The molecule has 0 radical (unpaired) electrons. The zero-order chi connectivity index (χ0) is 17.6. The molecular weight excluding hydrogens is 340 g/mol. The van der Waals surface area contributed by atoms with Crippen LogP contribution >= 0.6 is 0 Å². The summed E-state index contributed by atoms with van der Waals surface area (Å²) in [5, 5.41) is 3.78. The molecule has 5 nitrogen and oxygen atoms in total. The van der Waals surface area contributed by atoms with Crippen molar-refractivity contribution in [3.05, 3.63) is 60.3 Å². The molecule has 0 aliphatic rings. The predicted molar refractivity (Wildman–Crippen MR) is 79.3 cm³/mol. The number of pyridine rings is 1. The molecule has 0 saturated heterocycles.